The Morgan fingerprint density at radius 2 is 0.524 bits per heavy atom. The van der Waals surface area contributed by atoms with Gasteiger partial charge in [0.25, 0.3) is 0 Å². The van der Waals surface area contributed by atoms with Crippen LogP contribution in [0, 0.1) is 124 Å². The third-order valence-corrected chi connectivity index (χ3v) is 19.4. The highest BCUT2D eigenvalue weighted by Crippen LogP contribution is 2.30. The Labute approximate surface area is 651 Å². The first kappa shape index (κ1) is 126. The number of hydrogen-bond donors (Lipinski definition) is 0. The summed E-state index contributed by atoms with van der Waals surface area (Å²) in [5, 5.41) is 0. The van der Waals surface area contributed by atoms with Crippen LogP contribution >= 0.6 is 0 Å². The fourth-order valence-electron chi connectivity index (χ4n) is 11.3. The summed E-state index contributed by atoms with van der Waals surface area (Å²) in [4.78, 5) is 0. The van der Waals surface area contributed by atoms with Crippen molar-refractivity contribution in [2.24, 2.45) is 65.1 Å². The molecule has 0 bridgehead atoms. The van der Waals surface area contributed by atoms with Crippen molar-refractivity contribution in [2.75, 3.05) is 26.4 Å². The number of rotatable bonds is 0. The van der Waals surface area contributed by atoms with Gasteiger partial charge in [-0.3, -0.25) is 0 Å². The van der Waals surface area contributed by atoms with E-state index in [0.717, 1.165) is 91.2 Å². The SMILES string of the molecule is C.C.C.C.C.C.C.C.C.C.C.C.CC1=CCC(C)CC1.CC1=CCC(C)CC1.CC1CCC(C)CC1.CC1CCC(C)CC1.CC1CCC(C)CC1.CC1CCC(C)OC1.CC1CCC(C)OC1.CC1COC(C)OC1.Cc1cc(F)c(C)c(F)c1.Cc1ccc(C)c(F)c1.Cc1ccc(C)cc1.[HH]. The molecule has 5 aliphatic carbocycles. The van der Waals surface area contributed by atoms with Crippen LogP contribution in [0.5, 0.6) is 0 Å². The molecular weight excluding hydrogens is 1270 g/mol. The summed E-state index contributed by atoms with van der Waals surface area (Å²) in [7, 11) is 0. The molecular formula is C96H193F3O4. The fraction of sp³-hybridized carbons (Fsp3) is 0.771. The molecule has 0 amide bonds. The molecule has 3 saturated carbocycles. The second-order valence-electron chi connectivity index (χ2n) is 30.7. The van der Waals surface area contributed by atoms with Crippen LogP contribution in [0.1, 0.15) is 376 Å². The minimum absolute atomic E-state index is 0. The smallest absolute Gasteiger partial charge is 0.154 e. The normalized spacial score (nSPS) is 25.7. The molecule has 3 heterocycles. The summed E-state index contributed by atoms with van der Waals surface area (Å²) in [6.45, 7) is 50.7. The summed E-state index contributed by atoms with van der Waals surface area (Å²) in [5.74, 6) is 9.11. The van der Waals surface area contributed by atoms with Crippen molar-refractivity contribution in [3.63, 3.8) is 0 Å². The molecule has 8 aliphatic rings. The molecule has 0 aromatic heterocycles. The predicted octanol–water partition coefficient (Wildman–Crippen LogP) is 33.9. The van der Waals surface area contributed by atoms with Gasteiger partial charge in [-0.2, -0.15) is 0 Å². The average Bonchev–Trinajstić information content (AvgIpc) is 0.875. The summed E-state index contributed by atoms with van der Waals surface area (Å²) < 4.78 is 58.9. The van der Waals surface area contributed by atoms with E-state index in [0.29, 0.717) is 29.3 Å². The Morgan fingerprint density at radius 1 is 0.272 bits per heavy atom. The van der Waals surface area contributed by atoms with Crippen molar-refractivity contribution >= 4 is 0 Å². The van der Waals surface area contributed by atoms with E-state index in [2.05, 4.69) is 154 Å². The van der Waals surface area contributed by atoms with Crippen LogP contribution in [-0.4, -0.2) is 44.9 Å². The number of hydrogen-bond acceptors (Lipinski definition) is 4. The Bertz CT molecular complexity index is 2020. The number of halogens is 3. The van der Waals surface area contributed by atoms with Gasteiger partial charge >= 0.3 is 0 Å². The first-order chi connectivity index (χ1) is 42.9. The Kier molecular flexibility index (Phi) is 91.1. The molecule has 11 rings (SSSR count). The van der Waals surface area contributed by atoms with Gasteiger partial charge in [0.2, 0.25) is 0 Å². The van der Waals surface area contributed by atoms with Crippen LogP contribution < -0.4 is 0 Å². The topological polar surface area (TPSA) is 36.9 Å². The molecule has 6 atom stereocenters. The number of ether oxygens (including phenoxy) is 4. The van der Waals surface area contributed by atoms with Crippen molar-refractivity contribution in [1.29, 1.82) is 0 Å². The van der Waals surface area contributed by atoms with Crippen molar-refractivity contribution in [1.82, 2.24) is 0 Å². The van der Waals surface area contributed by atoms with E-state index in [1.807, 2.05) is 19.9 Å². The van der Waals surface area contributed by atoms with Crippen LogP contribution in [0.4, 0.5) is 13.2 Å². The molecule has 6 unspecified atom stereocenters. The summed E-state index contributed by atoms with van der Waals surface area (Å²) in [6.07, 6.45) is 36.8. The first-order valence-corrected chi connectivity index (χ1v) is 36.9. The van der Waals surface area contributed by atoms with Crippen LogP contribution in [0.15, 0.2) is 77.9 Å². The maximum absolute atomic E-state index is 12.6. The molecule has 3 aliphatic heterocycles. The maximum Gasteiger partial charge on any atom is 0.154 e. The lowest BCUT2D eigenvalue weighted by atomic mass is 9.84. The fourth-order valence-corrected chi connectivity index (χ4v) is 11.3. The van der Waals surface area contributed by atoms with Gasteiger partial charge in [0.1, 0.15) is 17.5 Å². The average molecular weight is 1470 g/mol. The van der Waals surface area contributed by atoms with Crippen LogP contribution in [0.25, 0.3) is 0 Å². The lowest BCUT2D eigenvalue weighted by Crippen LogP contribution is -2.27. The van der Waals surface area contributed by atoms with Gasteiger partial charge in [-0.1, -0.05) is 313 Å². The molecule has 7 heteroatoms. The van der Waals surface area contributed by atoms with Crippen LogP contribution in [0.3, 0.4) is 0 Å². The summed E-state index contributed by atoms with van der Waals surface area (Å²) >= 11 is 0. The van der Waals surface area contributed by atoms with E-state index >= 15 is 0 Å². The minimum Gasteiger partial charge on any atom is -0.378 e. The van der Waals surface area contributed by atoms with Crippen LogP contribution in [-0.2, 0) is 18.9 Å². The standard InChI is InChI=1S/C8H8F2.C8H9F.3C8H16.2C8H14.C8H10.2C7H14O.C6H12O2.12CH4.H2/c1-5-3-7(9)6(2)8(10)4-5;1-6-3-4-7(2)8(9)5-6;6*1-7-3-5-8(2)6-4-7;2*1-6-3-4-7(2)8-5-6;1-5-3-7-6(2)8-4-5;;;;;;;;;;;;;/h3-4H,1-2H3;3-5H,1-2H3;3*7-8H,3-6H2,1-2H3;2*3,8H,4-6H2,1-2H3;3-6H,1-2H3;2*6-7H,3-5H2,1-2H3;5-6H,3-4H2,1-2H3;12*1H4;1H. The van der Waals surface area contributed by atoms with E-state index < -0.39 is 11.6 Å². The van der Waals surface area contributed by atoms with E-state index in [1.165, 1.54) is 178 Å². The maximum atomic E-state index is 12.6. The Hall–Kier alpha value is -3.23. The van der Waals surface area contributed by atoms with Crippen molar-refractivity contribution in [3.8, 4) is 0 Å². The molecule has 0 spiro atoms. The van der Waals surface area contributed by atoms with E-state index in [-0.39, 0.29) is 108 Å². The molecule has 0 N–H and O–H groups in total. The molecule has 3 aromatic rings. The zero-order valence-corrected chi connectivity index (χ0v) is 63.1. The minimum atomic E-state index is -0.475. The zero-order chi connectivity index (χ0) is 68.4. The van der Waals surface area contributed by atoms with E-state index in [1.54, 1.807) is 31.1 Å². The van der Waals surface area contributed by atoms with Crippen molar-refractivity contribution < 1.29 is 33.5 Å². The van der Waals surface area contributed by atoms with Gasteiger partial charge in [-0.15, -0.1) is 0 Å². The van der Waals surface area contributed by atoms with E-state index in [9.17, 15) is 13.2 Å². The number of allylic oxidation sites excluding steroid dienone is 4. The second kappa shape index (κ2) is 74.2. The third kappa shape index (κ3) is 69.0. The lowest BCUT2D eigenvalue weighted by Gasteiger charge is -2.24. The van der Waals surface area contributed by atoms with Gasteiger partial charge < -0.3 is 18.9 Å². The van der Waals surface area contributed by atoms with Gasteiger partial charge in [0, 0.05) is 26.1 Å². The predicted molar refractivity (Wildman–Crippen MR) is 473 cm³/mol. The third-order valence-electron chi connectivity index (χ3n) is 19.4. The van der Waals surface area contributed by atoms with Gasteiger partial charge in [-0.25, -0.2) is 13.2 Å². The van der Waals surface area contributed by atoms with E-state index in [4.69, 9.17) is 18.9 Å². The summed E-state index contributed by atoms with van der Waals surface area (Å²) in [5.41, 5.74) is 8.21. The molecule has 103 heavy (non-hydrogen) atoms. The van der Waals surface area contributed by atoms with Gasteiger partial charge in [-0.05, 0) is 234 Å². The van der Waals surface area contributed by atoms with Crippen molar-refractivity contribution in [2.45, 2.75) is 401 Å². The number of benzene rings is 3. The molecule has 6 fully saturated rings. The van der Waals surface area contributed by atoms with Crippen molar-refractivity contribution in [3.05, 3.63) is 129 Å². The summed E-state index contributed by atoms with van der Waals surface area (Å²) in [6, 6.07) is 16.3. The molecule has 0 radical (unpaired) electrons. The van der Waals surface area contributed by atoms with Gasteiger partial charge in [0.05, 0.1) is 25.4 Å². The first-order valence-electron chi connectivity index (χ1n) is 36.9. The molecule has 4 nitrogen and oxygen atoms in total. The van der Waals surface area contributed by atoms with Crippen LogP contribution in [0.2, 0.25) is 0 Å². The quantitative estimate of drug-likeness (QED) is 0.210. The Balaban J connectivity index is -0.0000000787. The lowest BCUT2D eigenvalue weighted by molar-refractivity contribution is -0.187. The monoisotopic (exact) mass is 1470 g/mol. The second-order valence-corrected chi connectivity index (χ2v) is 30.7. The highest BCUT2D eigenvalue weighted by Gasteiger charge is 2.18. The molecule has 3 aromatic carbocycles. The highest BCUT2D eigenvalue weighted by atomic mass is 19.1. The number of aryl methyl sites for hydroxylation is 5. The highest BCUT2D eigenvalue weighted by molar-refractivity contribution is 5.24. The van der Waals surface area contributed by atoms with Gasteiger partial charge in [0.15, 0.2) is 6.29 Å². The zero-order valence-electron chi connectivity index (χ0n) is 63.1. The molecule has 3 saturated heterocycles. The Morgan fingerprint density at radius 3 is 0.728 bits per heavy atom. The largest absolute Gasteiger partial charge is 0.378 e. The molecule has 622 valence electrons.